The summed E-state index contributed by atoms with van der Waals surface area (Å²) in [5.74, 6) is 1.05. The van der Waals surface area contributed by atoms with Crippen molar-refractivity contribution >= 4 is 5.97 Å². The first-order valence-electron chi connectivity index (χ1n) is 6.96. The Bertz CT molecular complexity index is 678. The maximum atomic E-state index is 12.1. The quantitative estimate of drug-likeness (QED) is 0.883. The number of ether oxygens (including phenoxy) is 3. The van der Waals surface area contributed by atoms with Crippen LogP contribution in [0, 0.1) is 0 Å². The first-order valence-corrected chi connectivity index (χ1v) is 6.96. The van der Waals surface area contributed by atoms with E-state index in [1.165, 1.54) is 0 Å². The summed E-state index contributed by atoms with van der Waals surface area (Å²) in [4.78, 5) is 12.1. The Labute approximate surface area is 128 Å². The van der Waals surface area contributed by atoms with Gasteiger partial charge in [-0.1, -0.05) is 6.07 Å². The maximum absolute atomic E-state index is 12.1. The smallest absolute Gasteiger partial charge is 0.338 e. The van der Waals surface area contributed by atoms with Gasteiger partial charge >= 0.3 is 5.97 Å². The van der Waals surface area contributed by atoms with E-state index < -0.39 is 12.1 Å². The molecule has 1 unspecified atom stereocenters. The third-order valence-electron chi connectivity index (χ3n) is 3.56. The minimum absolute atomic E-state index is 0.155. The number of hydrogen-bond donors (Lipinski definition) is 1. The Balaban J connectivity index is 1.69. The molecule has 0 fully saturated rings. The first-order chi connectivity index (χ1) is 10.7. The van der Waals surface area contributed by atoms with E-state index in [4.69, 9.17) is 14.2 Å². The molecule has 0 radical (unpaired) electrons. The molecule has 5 nitrogen and oxygen atoms in total. The van der Waals surface area contributed by atoms with Crippen molar-refractivity contribution in [1.82, 2.24) is 0 Å². The van der Waals surface area contributed by atoms with Gasteiger partial charge in [0.15, 0.2) is 0 Å². The molecule has 2 aromatic rings. The molecule has 5 heteroatoms. The SMILES string of the molecule is COc1ccc(C(=O)OC2COc3cccc(O)c3C2)cc1. The number of fused-ring (bicyclic) bond motifs is 1. The van der Waals surface area contributed by atoms with E-state index in [1.807, 2.05) is 0 Å². The van der Waals surface area contributed by atoms with Crippen LogP contribution in [0.2, 0.25) is 0 Å². The predicted molar refractivity (Wildman–Crippen MR) is 79.5 cm³/mol. The number of aromatic hydroxyl groups is 1. The summed E-state index contributed by atoms with van der Waals surface area (Å²) < 4.78 is 16.0. The van der Waals surface area contributed by atoms with Gasteiger partial charge in [-0.25, -0.2) is 4.79 Å². The molecule has 1 atom stereocenters. The summed E-state index contributed by atoms with van der Waals surface area (Å²) in [5, 5.41) is 9.85. The Kier molecular flexibility index (Phi) is 3.87. The number of hydrogen-bond acceptors (Lipinski definition) is 5. The molecule has 0 aromatic heterocycles. The summed E-state index contributed by atoms with van der Waals surface area (Å²) in [6.07, 6.45) is 0.0135. The lowest BCUT2D eigenvalue weighted by Gasteiger charge is -2.25. The van der Waals surface area contributed by atoms with Gasteiger partial charge in [-0.05, 0) is 36.4 Å². The molecule has 0 saturated carbocycles. The fraction of sp³-hybridized carbons (Fsp3) is 0.235. The van der Waals surface area contributed by atoms with Gasteiger partial charge in [-0.2, -0.15) is 0 Å². The largest absolute Gasteiger partial charge is 0.508 e. The molecule has 0 amide bonds. The fourth-order valence-corrected chi connectivity index (χ4v) is 2.39. The Morgan fingerprint density at radius 1 is 1.23 bits per heavy atom. The molecule has 2 aromatic carbocycles. The molecule has 1 heterocycles. The zero-order chi connectivity index (χ0) is 15.5. The van der Waals surface area contributed by atoms with Gasteiger partial charge < -0.3 is 19.3 Å². The highest BCUT2D eigenvalue weighted by Gasteiger charge is 2.25. The number of carbonyl (C=O) groups is 1. The summed E-state index contributed by atoms with van der Waals surface area (Å²) in [7, 11) is 1.57. The highest BCUT2D eigenvalue weighted by Crippen LogP contribution is 2.32. The standard InChI is InChI=1S/C17H16O5/c1-20-12-7-5-11(6-8-12)17(19)22-13-9-14-15(18)3-2-4-16(14)21-10-13/h2-8,13,18H,9-10H2,1H3. The summed E-state index contributed by atoms with van der Waals surface area (Å²) >= 11 is 0. The van der Waals surface area contributed by atoms with Crippen molar-refractivity contribution in [2.24, 2.45) is 0 Å². The average Bonchev–Trinajstić information content (AvgIpc) is 2.55. The number of phenols is 1. The molecular weight excluding hydrogens is 284 g/mol. The molecule has 1 N–H and O–H groups in total. The lowest BCUT2D eigenvalue weighted by molar-refractivity contribution is 0.0129. The van der Waals surface area contributed by atoms with Gasteiger partial charge in [-0.3, -0.25) is 0 Å². The maximum Gasteiger partial charge on any atom is 0.338 e. The van der Waals surface area contributed by atoms with Crippen LogP contribution in [-0.2, 0) is 11.2 Å². The molecule has 0 bridgehead atoms. The molecule has 22 heavy (non-hydrogen) atoms. The second-order valence-corrected chi connectivity index (χ2v) is 5.02. The van der Waals surface area contributed by atoms with Crippen LogP contribution in [0.15, 0.2) is 42.5 Å². The third kappa shape index (κ3) is 2.83. The van der Waals surface area contributed by atoms with Crippen LogP contribution in [0.3, 0.4) is 0 Å². The van der Waals surface area contributed by atoms with Gasteiger partial charge in [0.1, 0.15) is 30.0 Å². The van der Waals surface area contributed by atoms with E-state index >= 15 is 0 Å². The van der Waals surface area contributed by atoms with Crippen LogP contribution in [-0.4, -0.2) is 30.9 Å². The van der Waals surface area contributed by atoms with E-state index in [0.29, 0.717) is 29.0 Å². The zero-order valence-corrected chi connectivity index (χ0v) is 12.1. The van der Waals surface area contributed by atoms with Crippen molar-refractivity contribution in [2.75, 3.05) is 13.7 Å². The minimum atomic E-state index is -0.421. The Morgan fingerprint density at radius 2 is 2.00 bits per heavy atom. The topological polar surface area (TPSA) is 65.0 Å². The van der Waals surface area contributed by atoms with Gasteiger partial charge in [0.05, 0.1) is 12.7 Å². The molecule has 0 saturated heterocycles. The second kappa shape index (κ2) is 5.97. The van der Waals surface area contributed by atoms with Crippen molar-refractivity contribution in [3.63, 3.8) is 0 Å². The number of phenolic OH excluding ortho intramolecular Hbond substituents is 1. The average molecular weight is 300 g/mol. The number of benzene rings is 2. The van der Waals surface area contributed by atoms with E-state index in [9.17, 15) is 9.90 Å². The van der Waals surface area contributed by atoms with Crippen molar-refractivity contribution in [1.29, 1.82) is 0 Å². The number of rotatable bonds is 3. The van der Waals surface area contributed by atoms with Crippen LogP contribution >= 0.6 is 0 Å². The van der Waals surface area contributed by atoms with E-state index in [0.717, 1.165) is 0 Å². The molecule has 1 aliphatic rings. The highest BCUT2D eigenvalue weighted by atomic mass is 16.6. The van der Waals surface area contributed by atoms with Crippen LogP contribution in [0.4, 0.5) is 0 Å². The molecule has 0 spiro atoms. The third-order valence-corrected chi connectivity index (χ3v) is 3.56. The summed E-state index contributed by atoms with van der Waals surface area (Å²) in [6.45, 7) is 0.276. The van der Waals surface area contributed by atoms with E-state index in [-0.39, 0.29) is 12.4 Å². The van der Waals surface area contributed by atoms with Crippen molar-refractivity contribution in [2.45, 2.75) is 12.5 Å². The molecule has 0 aliphatic carbocycles. The van der Waals surface area contributed by atoms with Crippen LogP contribution in [0.5, 0.6) is 17.2 Å². The highest BCUT2D eigenvalue weighted by molar-refractivity contribution is 5.89. The monoisotopic (exact) mass is 300 g/mol. The summed E-state index contributed by atoms with van der Waals surface area (Å²) in [6, 6.07) is 11.8. The normalized spacial score (nSPS) is 16.3. The zero-order valence-electron chi connectivity index (χ0n) is 12.1. The van der Waals surface area contributed by atoms with Crippen molar-refractivity contribution < 1.29 is 24.1 Å². The minimum Gasteiger partial charge on any atom is -0.508 e. The van der Waals surface area contributed by atoms with Crippen LogP contribution < -0.4 is 9.47 Å². The van der Waals surface area contributed by atoms with Crippen LogP contribution in [0.25, 0.3) is 0 Å². The summed E-state index contributed by atoms with van der Waals surface area (Å²) in [5.41, 5.74) is 1.12. The molecule has 3 rings (SSSR count). The lowest BCUT2D eigenvalue weighted by atomic mass is 10.0. The lowest BCUT2D eigenvalue weighted by Crippen LogP contribution is -2.31. The molecule has 1 aliphatic heterocycles. The molecular formula is C17H16O5. The predicted octanol–water partition coefficient (Wildman–Crippen LogP) is 2.56. The van der Waals surface area contributed by atoms with Crippen molar-refractivity contribution in [3.8, 4) is 17.2 Å². The van der Waals surface area contributed by atoms with Crippen molar-refractivity contribution in [3.05, 3.63) is 53.6 Å². The Hall–Kier alpha value is -2.69. The van der Waals surface area contributed by atoms with Gasteiger partial charge in [0.2, 0.25) is 0 Å². The Morgan fingerprint density at radius 3 is 2.73 bits per heavy atom. The van der Waals surface area contributed by atoms with Gasteiger partial charge in [0, 0.05) is 12.0 Å². The van der Waals surface area contributed by atoms with E-state index in [2.05, 4.69) is 0 Å². The number of esters is 1. The van der Waals surface area contributed by atoms with E-state index in [1.54, 1.807) is 49.6 Å². The second-order valence-electron chi connectivity index (χ2n) is 5.02. The van der Waals surface area contributed by atoms with Gasteiger partial charge in [-0.15, -0.1) is 0 Å². The number of carbonyl (C=O) groups excluding carboxylic acids is 1. The fourth-order valence-electron chi connectivity index (χ4n) is 2.39. The van der Waals surface area contributed by atoms with Gasteiger partial charge in [0.25, 0.3) is 0 Å². The molecule has 114 valence electrons. The van der Waals surface area contributed by atoms with Crippen LogP contribution in [0.1, 0.15) is 15.9 Å². The first kappa shape index (κ1) is 14.3. The number of methoxy groups -OCH3 is 1.